The molecular formula is C52H17B14N3O. The first-order valence-corrected chi connectivity index (χ1v) is 21.9. The van der Waals surface area contributed by atoms with E-state index in [1.165, 1.54) is 0 Å². The Morgan fingerprint density at radius 3 is 1.50 bits per heavy atom. The van der Waals surface area contributed by atoms with Gasteiger partial charge in [-0.25, -0.2) is 9.97 Å². The van der Waals surface area contributed by atoms with Gasteiger partial charge < -0.3 is 8.98 Å². The number of fused-ring (bicyclic) bond motifs is 6. The molecule has 12 aromatic rings. The molecule has 0 fully saturated rings. The third-order valence-electron chi connectivity index (χ3n) is 13.8. The Bertz CT molecular complexity index is 4210. The largest absolute Gasteiger partial charge is 0.452 e. The fourth-order valence-electron chi connectivity index (χ4n) is 10.4. The first-order chi connectivity index (χ1) is 33.6. The van der Waals surface area contributed by atoms with Crippen LogP contribution in [0.15, 0.2) is 108 Å². The highest BCUT2D eigenvalue weighted by molar-refractivity contribution is 6.71. The SMILES string of the molecule is [B]c1c([B])c([B])c(-c2ccc3oc4c(-c5c([B])c([B])c(-c6c([B])c([B])c([B])c([B])c6[B])c([B])c5[B])nc(-c5ccc6c7c5c5ccccc5c5cccc(c57)n6-c5ccccc5)nc4c3c2)c([B])c1[B]. The number of benzene rings is 9. The highest BCUT2D eigenvalue weighted by atomic mass is 16.3. The molecule has 9 aromatic carbocycles. The predicted octanol–water partition coefficient (Wildman–Crippen LogP) is -3.00. The molecule has 12 rings (SSSR count). The maximum absolute atomic E-state index is 7.10. The second kappa shape index (κ2) is 15.9. The standard InChI is InChI=1S/C52H17B14N3O/c53-35-28(36(54)44(62)47(65)43(35)61)18-13-16-27-24(17-18)49-51(70-27)50(34-41(59)37(55)32(38(56)42(34)60)33-39(57)45(63)48(66)46(64)40(33)58)68-52(67-49)23-14-15-26-31-29(23)21-10-5-4-9-20(21)22-11-6-12-25(30(22)31)69(26)19-7-2-1-3-8-19/h1-17H. The monoisotopic (exact) mass is 853 g/mol. The van der Waals surface area contributed by atoms with Crippen LogP contribution in [0.5, 0.6) is 0 Å². The third kappa shape index (κ3) is 6.04. The Balaban J connectivity index is 1.22. The van der Waals surface area contributed by atoms with Crippen LogP contribution in [0.4, 0.5) is 0 Å². The Labute approximate surface area is 422 Å². The molecule has 28 radical (unpaired) electrons. The van der Waals surface area contributed by atoms with Crippen LogP contribution in [-0.4, -0.2) is 124 Å². The van der Waals surface area contributed by atoms with Gasteiger partial charge in [0.15, 0.2) is 11.4 Å². The topological polar surface area (TPSA) is 43.9 Å². The van der Waals surface area contributed by atoms with Gasteiger partial charge in [-0.1, -0.05) is 104 Å². The average molecular weight is 851 g/mol. The van der Waals surface area contributed by atoms with E-state index in [1.807, 2.05) is 42.5 Å². The summed E-state index contributed by atoms with van der Waals surface area (Å²) in [6, 6.07) is 34.4. The van der Waals surface area contributed by atoms with Gasteiger partial charge in [0.25, 0.3) is 0 Å². The molecule has 0 atom stereocenters. The van der Waals surface area contributed by atoms with E-state index in [0.717, 1.165) is 49.0 Å². The second-order valence-corrected chi connectivity index (χ2v) is 17.5. The zero-order valence-electron chi connectivity index (χ0n) is 37.1. The molecule has 288 valence electrons. The lowest BCUT2D eigenvalue weighted by Gasteiger charge is -2.28. The van der Waals surface area contributed by atoms with Gasteiger partial charge in [-0.05, 0) is 86.4 Å². The van der Waals surface area contributed by atoms with Crippen LogP contribution in [0, 0.1) is 0 Å². The Kier molecular flexibility index (Phi) is 10.1. The van der Waals surface area contributed by atoms with E-state index in [4.69, 9.17) is 124 Å². The van der Waals surface area contributed by atoms with E-state index < -0.39 is 0 Å². The zero-order valence-corrected chi connectivity index (χ0v) is 37.1. The van der Waals surface area contributed by atoms with E-state index in [1.54, 1.807) is 12.1 Å². The van der Waals surface area contributed by atoms with E-state index in [0.29, 0.717) is 39.0 Å². The lowest BCUT2D eigenvalue weighted by Crippen LogP contribution is -2.57. The van der Waals surface area contributed by atoms with Crippen LogP contribution >= 0.6 is 0 Å². The molecule has 0 aliphatic carbocycles. The minimum Gasteiger partial charge on any atom is -0.452 e. The van der Waals surface area contributed by atoms with Crippen molar-refractivity contribution < 1.29 is 4.42 Å². The van der Waals surface area contributed by atoms with Crippen LogP contribution in [0.1, 0.15) is 0 Å². The van der Waals surface area contributed by atoms with Gasteiger partial charge in [0, 0.05) is 32.8 Å². The van der Waals surface area contributed by atoms with E-state index in [9.17, 15) is 0 Å². The van der Waals surface area contributed by atoms with Crippen molar-refractivity contribution in [2.45, 2.75) is 0 Å². The fourth-order valence-corrected chi connectivity index (χ4v) is 10.4. The molecule has 0 aliphatic heterocycles. The first-order valence-electron chi connectivity index (χ1n) is 21.9. The van der Waals surface area contributed by atoms with Crippen LogP contribution in [0.25, 0.3) is 116 Å². The Morgan fingerprint density at radius 2 is 0.871 bits per heavy atom. The minimum atomic E-state index is -0.0356. The fraction of sp³-hybridized carbons (Fsp3) is 0. The number of rotatable bonds is 5. The van der Waals surface area contributed by atoms with Crippen LogP contribution < -0.4 is 76.5 Å². The average Bonchev–Trinajstić information content (AvgIpc) is 3.92. The van der Waals surface area contributed by atoms with Crippen molar-refractivity contribution in [2.24, 2.45) is 0 Å². The van der Waals surface area contributed by atoms with Crippen molar-refractivity contribution in [3.8, 4) is 50.6 Å². The van der Waals surface area contributed by atoms with Crippen molar-refractivity contribution in [3.05, 3.63) is 103 Å². The van der Waals surface area contributed by atoms with Gasteiger partial charge in [-0.15, -0.1) is 32.8 Å². The summed E-state index contributed by atoms with van der Waals surface area (Å²) >= 11 is 0. The quantitative estimate of drug-likeness (QED) is 0.137. The molecule has 3 aromatic heterocycles. The molecule has 4 nitrogen and oxygen atoms in total. The van der Waals surface area contributed by atoms with Gasteiger partial charge >= 0.3 is 0 Å². The summed E-state index contributed by atoms with van der Waals surface area (Å²) in [5.74, 6) is 0.301. The molecule has 70 heavy (non-hydrogen) atoms. The zero-order chi connectivity index (χ0) is 48.9. The molecule has 3 heterocycles. The summed E-state index contributed by atoms with van der Waals surface area (Å²) in [6.07, 6.45) is 0. The third-order valence-corrected chi connectivity index (χ3v) is 13.8. The molecular weight excluding hydrogens is 834 g/mol. The van der Waals surface area contributed by atoms with Crippen molar-refractivity contribution in [3.63, 3.8) is 0 Å². The lowest BCUT2D eigenvalue weighted by molar-refractivity contribution is 0.667. The summed E-state index contributed by atoms with van der Waals surface area (Å²) < 4.78 is 8.97. The maximum Gasteiger partial charge on any atom is 0.180 e. The molecule has 0 saturated carbocycles. The van der Waals surface area contributed by atoms with Crippen molar-refractivity contribution in [1.29, 1.82) is 0 Å². The van der Waals surface area contributed by atoms with Crippen molar-refractivity contribution >= 4 is 252 Å². The number of furan rings is 1. The van der Waals surface area contributed by atoms with E-state index in [-0.39, 0.29) is 104 Å². The molecule has 0 spiro atoms. The summed E-state index contributed by atoms with van der Waals surface area (Å²) in [5.41, 5.74) is 6.70. The van der Waals surface area contributed by atoms with Gasteiger partial charge in [0.05, 0.1) is 11.0 Å². The number of aromatic nitrogens is 3. The first kappa shape index (κ1) is 44.6. The molecule has 0 unspecified atom stereocenters. The second-order valence-electron chi connectivity index (χ2n) is 17.5. The normalized spacial score (nSPS) is 11.9. The van der Waals surface area contributed by atoms with Crippen molar-refractivity contribution in [2.75, 3.05) is 0 Å². The smallest absolute Gasteiger partial charge is 0.180 e. The summed E-state index contributed by atoms with van der Waals surface area (Å²) in [6.45, 7) is 0. The molecule has 0 saturated heterocycles. The Morgan fingerprint density at radius 1 is 0.371 bits per heavy atom. The Hall–Kier alpha value is -6.65. The molecule has 0 amide bonds. The maximum atomic E-state index is 7.10. The van der Waals surface area contributed by atoms with Gasteiger partial charge in [-0.2, -0.15) is 0 Å². The van der Waals surface area contributed by atoms with E-state index in [2.05, 4.69) is 53.1 Å². The summed E-state index contributed by atoms with van der Waals surface area (Å²) in [5, 5.41) is 6.70. The lowest BCUT2D eigenvalue weighted by atomic mass is 9.56. The molecule has 0 aliphatic rings. The van der Waals surface area contributed by atoms with Crippen LogP contribution in [0.3, 0.4) is 0 Å². The molecule has 0 N–H and O–H groups in total. The minimum absolute atomic E-state index is 0.00630. The summed E-state index contributed by atoms with van der Waals surface area (Å²) in [4.78, 5) is 10.7. The summed E-state index contributed by atoms with van der Waals surface area (Å²) in [7, 11) is 92.1. The van der Waals surface area contributed by atoms with Crippen molar-refractivity contribution in [1.82, 2.24) is 14.5 Å². The van der Waals surface area contributed by atoms with Crippen LogP contribution in [-0.2, 0) is 0 Å². The highest BCUT2D eigenvalue weighted by Crippen LogP contribution is 2.47. The number of hydrogen-bond acceptors (Lipinski definition) is 3. The van der Waals surface area contributed by atoms with Gasteiger partial charge in [-0.3, -0.25) is 0 Å². The van der Waals surface area contributed by atoms with Gasteiger partial charge in [0.2, 0.25) is 0 Å². The highest BCUT2D eigenvalue weighted by Gasteiger charge is 2.28. The number of para-hydroxylation sites is 1. The number of hydrogen-bond donors (Lipinski definition) is 0. The molecule has 0 bridgehead atoms. The molecule has 18 heteroatoms. The van der Waals surface area contributed by atoms with E-state index >= 15 is 0 Å². The van der Waals surface area contributed by atoms with Crippen LogP contribution in [0.2, 0.25) is 0 Å². The van der Waals surface area contributed by atoms with Gasteiger partial charge in [0.1, 0.15) is 127 Å². The predicted molar refractivity (Wildman–Crippen MR) is 307 cm³/mol. The number of nitrogens with zero attached hydrogens (tertiary/aromatic N) is 3.